The van der Waals surface area contributed by atoms with Crippen molar-refractivity contribution in [2.24, 2.45) is 5.92 Å². The third-order valence-corrected chi connectivity index (χ3v) is 4.36. The third kappa shape index (κ3) is 2.88. The predicted molar refractivity (Wildman–Crippen MR) is 91.8 cm³/mol. The number of hydrogen-bond donors (Lipinski definition) is 1. The molecule has 1 aliphatic rings. The highest BCUT2D eigenvalue weighted by Crippen LogP contribution is 2.27. The van der Waals surface area contributed by atoms with Gasteiger partial charge >= 0.3 is 0 Å². The molecule has 0 aliphatic heterocycles. The van der Waals surface area contributed by atoms with Gasteiger partial charge in [0.2, 0.25) is 0 Å². The number of aryl methyl sites for hydroxylation is 1. The molecule has 0 amide bonds. The molecule has 22 heavy (non-hydrogen) atoms. The molecule has 2 aromatic rings. The van der Waals surface area contributed by atoms with Crippen LogP contribution in [0.5, 0.6) is 5.75 Å². The van der Waals surface area contributed by atoms with E-state index in [0.717, 1.165) is 35.4 Å². The van der Waals surface area contributed by atoms with Gasteiger partial charge in [0.1, 0.15) is 5.75 Å². The second kappa shape index (κ2) is 6.28. The minimum atomic E-state index is -0.244. The van der Waals surface area contributed by atoms with Gasteiger partial charge in [-0.15, -0.1) is 0 Å². The zero-order chi connectivity index (χ0) is 15.5. The van der Waals surface area contributed by atoms with E-state index in [4.69, 9.17) is 17.0 Å². The van der Waals surface area contributed by atoms with Gasteiger partial charge in [-0.2, -0.15) is 0 Å². The van der Waals surface area contributed by atoms with E-state index in [9.17, 15) is 4.79 Å². The topological polar surface area (TPSA) is 38.3 Å². The average Bonchev–Trinajstić information content (AvgIpc) is 2.56. The van der Waals surface area contributed by atoms with Gasteiger partial charge in [-0.05, 0) is 42.7 Å². The quantitative estimate of drug-likeness (QED) is 0.873. The Morgan fingerprint density at radius 3 is 2.64 bits per heavy atom. The van der Waals surface area contributed by atoms with Gasteiger partial charge in [-0.1, -0.05) is 36.5 Å². The molecule has 3 nitrogen and oxygen atoms in total. The smallest absolute Gasteiger partial charge is 0.172 e. The van der Waals surface area contributed by atoms with Crippen LogP contribution in [0.25, 0.3) is 0 Å². The fourth-order valence-electron chi connectivity index (χ4n) is 2.75. The van der Waals surface area contributed by atoms with Crippen LogP contribution in [0.1, 0.15) is 22.3 Å². The maximum Gasteiger partial charge on any atom is 0.172 e. The van der Waals surface area contributed by atoms with Gasteiger partial charge in [0.25, 0.3) is 0 Å². The molecule has 1 N–H and O–H groups in total. The van der Waals surface area contributed by atoms with Crippen molar-refractivity contribution >= 4 is 28.7 Å². The predicted octanol–water partition coefficient (Wildman–Crippen LogP) is 3.88. The van der Waals surface area contributed by atoms with E-state index < -0.39 is 0 Å². The first-order valence-electron chi connectivity index (χ1n) is 7.26. The summed E-state index contributed by atoms with van der Waals surface area (Å²) in [5.41, 5.74) is 2.80. The van der Waals surface area contributed by atoms with E-state index in [0.29, 0.717) is 4.99 Å². The number of thiocarbonyl (C=S) groups is 1. The van der Waals surface area contributed by atoms with Crippen LogP contribution in [0, 0.1) is 5.92 Å². The summed E-state index contributed by atoms with van der Waals surface area (Å²) in [6.45, 7) is 0. The van der Waals surface area contributed by atoms with Crippen molar-refractivity contribution in [3.8, 4) is 5.75 Å². The van der Waals surface area contributed by atoms with Crippen molar-refractivity contribution in [3.05, 3.63) is 59.7 Å². The Bertz CT molecular complexity index is 709. The molecular formula is C18H17NO2S. The Morgan fingerprint density at radius 2 is 1.91 bits per heavy atom. The fraction of sp³-hybridized carbons (Fsp3) is 0.222. The van der Waals surface area contributed by atoms with E-state index in [1.807, 2.05) is 48.5 Å². The molecule has 0 bridgehead atoms. The number of nitrogens with one attached hydrogen (secondary N) is 1. The number of carbonyl (C=O) groups excluding carboxylic acids is 1. The SMILES string of the molecule is COc1ccc(NC(=S)C2CCc3ccccc3C2=O)cc1. The van der Waals surface area contributed by atoms with Crippen molar-refractivity contribution in [2.45, 2.75) is 12.8 Å². The highest BCUT2D eigenvalue weighted by atomic mass is 32.1. The molecular weight excluding hydrogens is 294 g/mol. The third-order valence-electron chi connectivity index (χ3n) is 3.98. The molecule has 0 saturated carbocycles. The van der Waals surface area contributed by atoms with Gasteiger partial charge < -0.3 is 10.1 Å². The lowest BCUT2D eigenvalue weighted by Crippen LogP contribution is -2.32. The Morgan fingerprint density at radius 1 is 1.18 bits per heavy atom. The fourth-order valence-corrected chi connectivity index (χ4v) is 3.09. The Labute approximate surface area is 135 Å². The first-order valence-corrected chi connectivity index (χ1v) is 7.67. The van der Waals surface area contributed by atoms with Crippen LogP contribution >= 0.6 is 12.2 Å². The molecule has 3 rings (SSSR count). The Balaban J connectivity index is 1.74. The van der Waals surface area contributed by atoms with Crippen molar-refractivity contribution < 1.29 is 9.53 Å². The lowest BCUT2D eigenvalue weighted by atomic mass is 9.82. The highest BCUT2D eigenvalue weighted by molar-refractivity contribution is 7.80. The lowest BCUT2D eigenvalue weighted by Gasteiger charge is -2.24. The first kappa shape index (κ1) is 14.7. The first-order chi connectivity index (χ1) is 10.7. The molecule has 0 aromatic heterocycles. The van der Waals surface area contributed by atoms with E-state index >= 15 is 0 Å². The summed E-state index contributed by atoms with van der Waals surface area (Å²) in [5.74, 6) is 0.666. The molecule has 0 spiro atoms. The second-order valence-electron chi connectivity index (χ2n) is 5.33. The molecule has 0 saturated heterocycles. The number of benzene rings is 2. The number of fused-ring (bicyclic) bond motifs is 1. The molecule has 1 aliphatic carbocycles. The van der Waals surface area contributed by atoms with Crippen molar-refractivity contribution in [2.75, 3.05) is 12.4 Å². The summed E-state index contributed by atoms with van der Waals surface area (Å²) in [7, 11) is 1.63. The minimum Gasteiger partial charge on any atom is -0.497 e. The van der Waals surface area contributed by atoms with Gasteiger partial charge in [0.05, 0.1) is 18.0 Å². The summed E-state index contributed by atoms with van der Waals surface area (Å²) in [4.78, 5) is 13.2. The summed E-state index contributed by atoms with van der Waals surface area (Å²) in [5, 5.41) is 3.18. The Hall–Kier alpha value is -2.20. The van der Waals surface area contributed by atoms with Crippen LogP contribution in [-0.4, -0.2) is 17.9 Å². The average molecular weight is 311 g/mol. The second-order valence-corrected chi connectivity index (χ2v) is 5.77. The van der Waals surface area contributed by atoms with Crippen molar-refractivity contribution in [1.82, 2.24) is 0 Å². The van der Waals surface area contributed by atoms with Crippen LogP contribution in [-0.2, 0) is 6.42 Å². The van der Waals surface area contributed by atoms with Crippen LogP contribution in [0.2, 0.25) is 0 Å². The highest BCUT2D eigenvalue weighted by Gasteiger charge is 2.30. The van der Waals surface area contributed by atoms with Gasteiger partial charge in [-0.25, -0.2) is 0 Å². The van der Waals surface area contributed by atoms with Crippen LogP contribution in [0.3, 0.4) is 0 Å². The molecule has 4 heteroatoms. The molecule has 0 fully saturated rings. The molecule has 112 valence electrons. The maximum atomic E-state index is 12.6. The number of methoxy groups -OCH3 is 1. The van der Waals surface area contributed by atoms with Gasteiger partial charge in [0, 0.05) is 11.3 Å². The number of anilines is 1. The standard InChI is InChI=1S/C18H17NO2S/c1-21-14-9-7-13(8-10-14)19-18(22)16-11-6-12-4-2-3-5-15(12)17(16)20/h2-5,7-10,16H,6,11H2,1H3,(H,19,22). The van der Waals surface area contributed by atoms with Crippen LogP contribution in [0.4, 0.5) is 5.69 Å². The summed E-state index contributed by atoms with van der Waals surface area (Å²) in [6, 6.07) is 15.3. The van der Waals surface area contributed by atoms with E-state index in [1.165, 1.54) is 0 Å². The molecule has 1 unspecified atom stereocenters. The molecule has 2 aromatic carbocycles. The minimum absolute atomic E-state index is 0.118. The Kier molecular flexibility index (Phi) is 4.20. The normalized spacial score (nSPS) is 16.8. The zero-order valence-corrected chi connectivity index (χ0v) is 13.2. The number of ether oxygens (including phenoxy) is 1. The van der Waals surface area contributed by atoms with E-state index in [2.05, 4.69) is 5.32 Å². The molecule has 0 heterocycles. The zero-order valence-electron chi connectivity index (χ0n) is 12.3. The monoisotopic (exact) mass is 311 g/mol. The maximum absolute atomic E-state index is 12.6. The number of hydrogen-bond acceptors (Lipinski definition) is 3. The van der Waals surface area contributed by atoms with Crippen LogP contribution in [0.15, 0.2) is 48.5 Å². The number of carbonyl (C=O) groups is 1. The summed E-state index contributed by atoms with van der Waals surface area (Å²) in [6.07, 6.45) is 1.65. The van der Waals surface area contributed by atoms with E-state index in [1.54, 1.807) is 7.11 Å². The van der Waals surface area contributed by atoms with Gasteiger partial charge in [-0.3, -0.25) is 4.79 Å². The summed E-state index contributed by atoms with van der Waals surface area (Å²) < 4.78 is 5.13. The number of ketones is 1. The van der Waals surface area contributed by atoms with Crippen molar-refractivity contribution in [3.63, 3.8) is 0 Å². The largest absolute Gasteiger partial charge is 0.497 e. The lowest BCUT2D eigenvalue weighted by molar-refractivity contribution is 0.0942. The van der Waals surface area contributed by atoms with Gasteiger partial charge in [0.15, 0.2) is 5.78 Å². The van der Waals surface area contributed by atoms with Crippen LogP contribution < -0.4 is 10.1 Å². The molecule has 1 atom stereocenters. The number of Topliss-reactive ketones (excluding diaryl/α,β-unsaturated/α-hetero) is 1. The van der Waals surface area contributed by atoms with E-state index in [-0.39, 0.29) is 11.7 Å². The number of rotatable bonds is 3. The molecule has 0 radical (unpaired) electrons. The van der Waals surface area contributed by atoms with Crippen molar-refractivity contribution in [1.29, 1.82) is 0 Å². The summed E-state index contributed by atoms with van der Waals surface area (Å²) >= 11 is 5.46.